The molecule has 0 amide bonds. The first-order valence-electron chi connectivity index (χ1n) is 6.28. The number of hydrogen-bond acceptors (Lipinski definition) is 3. The van der Waals surface area contributed by atoms with E-state index in [4.69, 9.17) is 0 Å². The van der Waals surface area contributed by atoms with Crippen molar-refractivity contribution in [3.8, 4) is 0 Å². The zero-order valence-electron chi connectivity index (χ0n) is 11.1. The van der Waals surface area contributed by atoms with E-state index in [0.717, 1.165) is 15.7 Å². The number of rotatable bonds is 2. The molecule has 4 heteroatoms. The Morgan fingerprint density at radius 3 is 2.45 bits per heavy atom. The summed E-state index contributed by atoms with van der Waals surface area (Å²) in [5.74, 6) is 0.527. The van der Waals surface area contributed by atoms with Crippen molar-refractivity contribution in [3.63, 3.8) is 0 Å². The molecule has 0 spiro atoms. The Kier molecular flexibility index (Phi) is 3.24. The molecule has 0 bridgehead atoms. The summed E-state index contributed by atoms with van der Waals surface area (Å²) in [7, 11) is -2.49. The van der Waals surface area contributed by atoms with Crippen LogP contribution < -0.4 is 0 Å². The molecule has 0 aliphatic rings. The average molecular weight is 282 g/mol. The van der Waals surface area contributed by atoms with Crippen LogP contribution in [0.25, 0.3) is 10.8 Å². The van der Waals surface area contributed by atoms with E-state index >= 15 is 0 Å². The quantitative estimate of drug-likeness (QED) is 0.712. The Balaban J connectivity index is 2.22. The fourth-order valence-electron chi connectivity index (χ4n) is 2.07. The molecule has 0 fully saturated rings. The number of benzene rings is 2. The van der Waals surface area contributed by atoms with Crippen molar-refractivity contribution in [1.82, 2.24) is 4.98 Å². The Morgan fingerprint density at radius 2 is 1.65 bits per heavy atom. The molecule has 0 saturated carbocycles. The van der Waals surface area contributed by atoms with Crippen molar-refractivity contribution < 1.29 is 4.21 Å². The van der Waals surface area contributed by atoms with Crippen molar-refractivity contribution in [3.05, 3.63) is 66.9 Å². The fraction of sp³-hybridized carbons (Fsp3) is 0.0625. The average Bonchev–Trinajstić information content (AvgIpc) is 2.48. The van der Waals surface area contributed by atoms with E-state index in [1.807, 2.05) is 60.7 Å². The van der Waals surface area contributed by atoms with Gasteiger partial charge in [0, 0.05) is 22.7 Å². The van der Waals surface area contributed by atoms with E-state index in [0.29, 0.717) is 5.82 Å². The van der Waals surface area contributed by atoms with Gasteiger partial charge in [-0.3, -0.25) is 0 Å². The van der Waals surface area contributed by atoms with Gasteiger partial charge in [-0.2, -0.15) is 4.36 Å². The summed E-state index contributed by atoms with van der Waals surface area (Å²) < 4.78 is 17.2. The lowest BCUT2D eigenvalue weighted by molar-refractivity contribution is 0.680. The van der Waals surface area contributed by atoms with Gasteiger partial charge >= 0.3 is 0 Å². The second-order valence-electron chi connectivity index (χ2n) is 4.56. The van der Waals surface area contributed by atoms with Crippen LogP contribution in [-0.4, -0.2) is 15.4 Å². The summed E-state index contributed by atoms with van der Waals surface area (Å²) in [6.07, 6.45) is 3.34. The van der Waals surface area contributed by atoms with Gasteiger partial charge in [-0.1, -0.05) is 42.5 Å². The summed E-state index contributed by atoms with van der Waals surface area (Å²) in [6, 6.07) is 19.1. The van der Waals surface area contributed by atoms with Crippen molar-refractivity contribution >= 4 is 26.3 Å². The summed E-state index contributed by atoms with van der Waals surface area (Å²) in [5.41, 5.74) is 0. The van der Waals surface area contributed by atoms with Crippen molar-refractivity contribution in [1.29, 1.82) is 0 Å². The molecule has 100 valence electrons. The number of nitrogens with zero attached hydrogens (tertiary/aromatic N) is 2. The van der Waals surface area contributed by atoms with E-state index in [2.05, 4.69) is 9.35 Å². The third-order valence-corrected chi connectivity index (χ3v) is 4.76. The fourth-order valence-corrected chi connectivity index (χ4v) is 3.31. The molecule has 0 aliphatic carbocycles. The topological polar surface area (TPSA) is 42.3 Å². The highest BCUT2D eigenvalue weighted by Gasteiger charge is 2.08. The third-order valence-electron chi connectivity index (χ3n) is 3.09. The van der Waals surface area contributed by atoms with Gasteiger partial charge in [0.15, 0.2) is 5.82 Å². The summed E-state index contributed by atoms with van der Waals surface area (Å²) in [5, 5.41) is 1.96. The van der Waals surface area contributed by atoms with Crippen LogP contribution in [0.5, 0.6) is 0 Å². The molecular formula is C16H14N2OS. The lowest BCUT2D eigenvalue weighted by Crippen LogP contribution is -1.96. The predicted molar refractivity (Wildman–Crippen MR) is 82.6 cm³/mol. The van der Waals surface area contributed by atoms with Gasteiger partial charge in [-0.05, 0) is 23.6 Å². The van der Waals surface area contributed by atoms with E-state index in [9.17, 15) is 4.21 Å². The van der Waals surface area contributed by atoms with Gasteiger partial charge in [0.25, 0.3) is 0 Å². The van der Waals surface area contributed by atoms with Gasteiger partial charge in [0.2, 0.25) is 0 Å². The molecule has 3 rings (SSSR count). The molecule has 1 heterocycles. The number of pyridine rings is 1. The Hall–Kier alpha value is -2.20. The molecule has 1 unspecified atom stereocenters. The minimum atomic E-state index is -2.49. The van der Waals surface area contributed by atoms with Crippen molar-refractivity contribution in [2.45, 2.75) is 4.90 Å². The number of aromatic nitrogens is 1. The Labute approximate surface area is 118 Å². The van der Waals surface area contributed by atoms with Crippen LogP contribution in [0.1, 0.15) is 0 Å². The molecule has 0 radical (unpaired) electrons. The lowest BCUT2D eigenvalue weighted by atomic mass is 10.2. The predicted octanol–water partition coefficient (Wildman–Crippen LogP) is 4.02. The lowest BCUT2D eigenvalue weighted by Gasteiger charge is -2.05. The smallest absolute Gasteiger partial charge is 0.169 e. The van der Waals surface area contributed by atoms with Crippen molar-refractivity contribution in [2.24, 2.45) is 4.36 Å². The second-order valence-corrected chi connectivity index (χ2v) is 6.82. The van der Waals surface area contributed by atoms with Crippen LogP contribution in [-0.2, 0) is 9.73 Å². The van der Waals surface area contributed by atoms with E-state index in [1.165, 1.54) is 0 Å². The van der Waals surface area contributed by atoms with Gasteiger partial charge < -0.3 is 0 Å². The molecule has 1 atom stereocenters. The van der Waals surface area contributed by atoms with Gasteiger partial charge in [0.1, 0.15) is 0 Å². The zero-order valence-corrected chi connectivity index (χ0v) is 11.9. The summed E-state index contributed by atoms with van der Waals surface area (Å²) >= 11 is 0. The zero-order chi connectivity index (χ0) is 14.0. The second kappa shape index (κ2) is 5.06. The summed E-state index contributed by atoms with van der Waals surface area (Å²) in [6.45, 7) is 0. The first-order chi connectivity index (χ1) is 9.67. The molecule has 0 N–H and O–H groups in total. The van der Waals surface area contributed by atoms with Crippen LogP contribution in [0.3, 0.4) is 0 Å². The van der Waals surface area contributed by atoms with Gasteiger partial charge in [0.05, 0.1) is 9.73 Å². The van der Waals surface area contributed by atoms with Crippen LogP contribution in [0.2, 0.25) is 0 Å². The highest BCUT2D eigenvalue weighted by atomic mass is 32.2. The minimum absolute atomic E-state index is 0.527. The maximum Gasteiger partial charge on any atom is 0.169 e. The largest absolute Gasteiger partial charge is 0.245 e. The van der Waals surface area contributed by atoms with E-state index < -0.39 is 9.73 Å². The van der Waals surface area contributed by atoms with Gasteiger partial charge in [-0.25, -0.2) is 9.19 Å². The number of fused-ring (bicyclic) bond motifs is 1. The molecule has 3 aromatic rings. The van der Waals surface area contributed by atoms with Gasteiger partial charge in [-0.15, -0.1) is 0 Å². The van der Waals surface area contributed by atoms with Crippen LogP contribution in [0, 0.1) is 0 Å². The van der Waals surface area contributed by atoms with Crippen molar-refractivity contribution in [2.75, 3.05) is 6.26 Å². The monoisotopic (exact) mass is 282 g/mol. The minimum Gasteiger partial charge on any atom is -0.245 e. The maximum absolute atomic E-state index is 12.8. The van der Waals surface area contributed by atoms with Crippen LogP contribution in [0.4, 0.5) is 5.82 Å². The maximum atomic E-state index is 12.8. The standard InChI is InChI=1S/C16H14N2OS/c1-20(19,14-8-3-2-4-9-14)18-16-15-10-6-5-7-13(15)11-12-17-16/h2-12H,1H3. The normalized spacial score (nSPS) is 13.8. The number of hydrogen-bond donors (Lipinski definition) is 0. The first-order valence-corrected chi connectivity index (χ1v) is 8.20. The Morgan fingerprint density at radius 1 is 0.950 bits per heavy atom. The molecule has 0 aliphatic heterocycles. The SMILES string of the molecule is CS(=O)(=Nc1nccc2ccccc12)c1ccccc1. The van der Waals surface area contributed by atoms with E-state index in [-0.39, 0.29) is 0 Å². The summed E-state index contributed by atoms with van der Waals surface area (Å²) in [4.78, 5) is 4.99. The van der Waals surface area contributed by atoms with Crippen LogP contribution in [0.15, 0.2) is 76.1 Å². The molecule has 1 aromatic heterocycles. The Bertz CT molecular complexity index is 861. The van der Waals surface area contributed by atoms with Crippen LogP contribution >= 0.6 is 0 Å². The highest BCUT2D eigenvalue weighted by molar-refractivity contribution is 7.93. The molecule has 3 nitrogen and oxygen atoms in total. The first kappa shape index (κ1) is 12.8. The van der Waals surface area contributed by atoms with E-state index in [1.54, 1.807) is 12.5 Å². The molecule has 0 saturated heterocycles. The molecule has 20 heavy (non-hydrogen) atoms. The highest BCUT2D eigenvalue weighted by Crippen LogP contribution is 2.25. The third kappa shape index (κ3) is 2.42. The molecular weight excluding hydrogens is 268 g/mol. The molecule has 2 aromatic carbocycles.